The van der Waals surface area contributed by atoms with E-state index in [4.69, 9.17) is 4.74 Å². The molecular weight excluding hydrogens is 437 g/mol. The van der Waals surface area contributed by atoms with Crippen molar-refractivity contribution in [1.82, 2.24) is 15.2 Å². The number of nitrogens with zero attached hydrogens (tertiary/aromatic N) is 3. The summed E-state index contributed by atoms with van der Waals surface area (Å²) in [5.74, 6) is -0.836. The highest BCUT2D eigenvalue weighted by atomic mass is 19.4. The second kappa shape index (κ2) is 9.01. The van der Waals surface area contributed by atoms with Crippen LogP contribution in [0.5, 0.6) is 5.88 Å². The number of anilines is 1. The minimum Gasteiger partial charge on any atom is -0.481 e. The molecular formula is C23H25F3N4O3. The quantitative estimate of drug-likeness (QED) is 0.715. The van der Waals surface area contributed by atoms with Crippen molar-refractivity contribution in [2.75, 3.05) is 38.2 Å². The van der Waals surface area contributed by atoms with Crippen molar-refractivity contribution in [3.63, 3.8) is 0 Å². The lowest BCUT2D eigenvalue weighted by molar-refractivity contribution is -0.138. The average molecular weight is 462 g/mol. The summed E-state index contributed by atoms with van der Waals surface area (Å²) in [6.07, 6.45) is -3.54. The molecule has 2 aromatic rings. The zero-order valence-corrected chi connectivity index (χ0v) is 18.2. The highest BCUT2D eigenvalue weighted by Gasteiger charge is 2.54. The number of amides is 2. The van der Waals surface area contributed by atoms with E-state index in [1.54, 1.807) is 12.1 Å². The number of benzene rings is 1. The average Bonchev–Trinajstić information content (AvgIpc) is 3.01. The van der Waals surface area contributed by atoms with Crippen LogP contribution in [0.1, 0.15) is 24.1 Å². The van der Waals surface area contributed by atoms with Crippen molar-refractivity contribution in [1.29, 1.82) is 0 Å². The highest BCUT2D eigenvalue weighted by molar-refractivity contribution is 6.10. The number of carbonyl (C=O) groups is 2. The SMILES string of the molecule is COc1ccc2c(n1)C1(CCN(Cc3ccccc3)CC1)C(=O)N2CC(=O)NCC(F)(F)F. The Morgan fingerprint density at radius 1 is 1.15 bits per heavy atom. The fourth-order valence-corrected chi connectivity index (χ4v) is 4.53. The van der Waals surface area contributed by atoms with Gasteiger partial charge in [0, 0.05) is 12.6 Å². The molecule has 10 heteroatoms. The minimum atomic E-state index is -4.52. The largest absolute Gasteiger partial charge is 0.481 e. The Bertz CT molecular complexity index is 1020. The molecule has 0 atom stereocenters. The van der Waals surface area contributed by atoms with Gasteiger partial charge >= 0.3 is 6.18 Å². The first-order valence-corrected chi connectivity index (χ1v) is 10.7. The van der Waals surface area contributed by atoms with Gasteiger partial charge in [0.15, 0.2) is 0 Å². The summed E-state index contributed by atoms with van der Waals surface area (Å²) in [4.78, 5) is 33.8. The molecule has 0 radical (unpaired) electrons. The number of nitrogens with one attached hydrogen (secondary N) is 1. The van der Waals surface area contributed by atoms with Crippen molar-refractivity contribution in [3.8, 4) is 5.88 Å². The van der Waals surface area contributed by atoms with Gasteiger partial charge < -0.3 is 15.0 Å². The number of rotatable bonds is 6. The van der Waals surface area contributed by atoms with Crippen LogP contribution >= 0.6 is 0 Å². The fraction of sp³-hybridized carbons (Fsp3) is 0.435. The second-order valence-corrected chi connectivity index (χ2v) is 8.35. The molecule has 0 unspecified atom stereocenters. The number of methoxy groups -OCH3 is 1. The van der Waals surface area contributed by atoms with Crippen LogP contribution in [0.4, 0.5) is 18.9 Å². The first kappa shape index (κ1) is 23.0. The second-order valence-electron chi connectivity index (χ2n) is 8.35. The number of aromatic nitrogens is 1. The lowest BCUT2D eigenvalue weighted by Crippen LogP contribution is -2.50. The van der Waals surface area contributed by atoms with Crippen molar-refractivity contribution in [2.24, 2.45) is 0 Å². The van der Waals surface area contributed by atoms with Crippen LogP contribution in [0.15, 0.2) is 42.5 Å². The van der Waals surface area contributed by atoms with E-state index in [2.05, 4.69) is 9.88 Å². The van der Waals surface area contributed by atoms with E-state index in [0.717, 1.165) is 6.54 Å². The van der Waals surface area contributed by atoms with E-state index in [0.29, 0.717) is 43.2 Å². The third-order valence-corrected chi connectivity index (χ3v) is 6.20. The van der Waals surface area contributed by atoms with Gasteiger partial charge in [0.2, 0.25) is 17.7 Å². The molecule has 33 heavy (non-hydrogen) atoms. The van der Waals surface area contributed by atoms with E-state index >= 15 is 0 Å². The predicted octanol–water partition coefficient (Wildman–Crippen LogP) is 2.65. The maximum atomic E-state index is 13.6. The number of ether oxygens (including phenoxy) is 1. The Kier molecular flexibility index (Phi) is 6.29. The molecule has 1 spiro atoms. The normalized spacial score (nSPS) is 17.8. The Hall–Kier alpha value is -3.14. The van der Waals surface area contributed by atoms with Crippen LogP contribution in [-0.4, -0.2) is 61.2 Å². The van der Waals surface area contributed by atoms with Gasteiger partial charge in [-0.25, -0.2) is 4.98 Å². The molecule has 0 aliphatic carbocycles. The Balaban J connectivity index is 1.54. The molecule has 2 amide bonds. The molecule has 4 rings (SSSR count). The third-order valence-electron chi connectivity index (χ3n) is 6.20. The lowest BCUT2D eigenvalue weighted by atomic mass is 9.76. The van der Waals surface area contributed by atoms with Gasteiger partial charge in [-0.15, -0.1) is 0 Å². The van der Waals surface area contributed by atoms with Gasteiger partial charge in [0.05, 0.1) is 23.9 Å². The van der Waals surface area contributed by atoms with Crippen LogP contribution in [0.25, 0.3) is 0 Å². The Morgan fingerprint density at radius 2 is 1.85 bits per heavy atom. The fourth-order valence-electron chi connectivity index (χ4n) is 4.53. The summed E-state index contributed by atoms with van der Waals surface area (Å²) in [6, 6.07) is 13.2. The Labute approximate surface area is 189 Å². The zero-order chi connectivity index (χ0) is 23.6. The first-order chi connectivity index (χ1) is 15.7. The van der Waals surface area contributed by atoms with Crippen LogP contribution < -0.4 is 15.0 Å². The summed E-state index contributed by atoms with van der Waals surface area (Å²) in [5.41, 5.74) is 1.21. The van der Waals surface area contributed by atoms with Crippen LogP contribution in [-0.2, 0) is 21.5 Å². The van der Waals surface area contributed by atoms with E-state index in [9.17, 15) is 22.8 Å². The lowest BCUT2D eigenvalue weighted by Gasteiger charge is -2.38. The maximum Gasteiger partial charge on any atom is 0.405 e. The van der Waals surface area contributed by atoms with Gasteiger partial charge in [-0.3, -0.25) is 14.5 Å². The molecule has 1 saturated heterocycles. The van der Waals surface area contributed by atoms with E-state index in [1.807, 2.05) is 35.6 Å². The molecule has 1 N–H and O–H groups in total. The maximum absolute atomic E-state index is 13.6. The van der Waals surface area contributed by atoms with E-state index in [-0.39, 0.29) is 5.91 Å². The number of halogens is 3. The van der Waals surface area contributed by atoms with Crippen molar-refractivity contribution >= 4 is 17.5 Å². The topological polar surface area (TPSA) is 74.8 Å². The number of alkyl halides is 3. The van der Waals surface area contributed by atoms with Crippen molar-refractivity contribution in [3.05, 3.63) is 53.7 Å². The molecule has 0 saturated carbocycles. The van der Waals surface area contributed by atoms with Gasteiger partial charge in [0.25, 0.3) is 0 Å². The van der Waals surface area contributed by atoms with Gasteiger partial charge in [-0.2, -0.15) is 13.2 Å². The monoisotopic (exact) mass is 462 g/mol. The molecule has 1 fully saturated rings. The number of pyridine rings is 1. The summed E-state index contributed by atoms with van der Waals surface area (Å²) in [6.45, 7) is 0.111. The molecule has 0 bridgehead atoms. The molecule has 176 valence electrons. The summed E-state index contributed by atoms with van der Waals surface area (Å²) in [5, 5.41) is 1.84. The smallest absolute Gasteiger partial charge is 0.405 e. The van der Waals surface area contributed by atoms with E-state index in [1.165, 1.54) is 17.6 Å². The molecule has 2 aliphatic rings. The molecule has 1 aromatic heterocycles. The number of likely N-dealkylation sites (tertiary alicyclic amines) is 1. The molecule has 7 nitrogen and oxygen atoms in total. The predicted molar refractivity (Wildman–Crippen MR) is 115 cm³/mol. The molecule has 3 heterocycles. The minimum absolute atomic E-state index is 0.306. The number of hydrogen-bond donors (Lipinski definition) is 1. The summed E-state index contributed by atoms with van der Waals surface area (Å²) >= 11 is 0. The highest BCUT2D eigenvalue weighted by Crippen LogP contribution is 2.47. The van der Waals surface area contributed by atoms with Gasteiger partial charge in [-0.05, 0) is 37.6 Å². The van der Waals surface area contributed by atoms with Gasteiger partial charge in [-0.1, -0.05) is 30.3 Å². The summed E-state index contributed by atoms with van der Waals surface area (Å²) in [7, 11) is 1.48. The van der Waals surface area contributed by atoms with Crippen LogP contribution in [0.2, 0.25) is 0 Å². The van der Waals surface area contributed by atoms with E-state index < -0.39 is 30.6 Å². The number of hydrogen-bond acceptors (Lipinski definition) is 5. The van der Waals surface area contributed by atoms with Crippen LogP contribution in [0, 0.1) is 0 Å². The molecule has 2 aliphatic heterocycles. The van der Waals surface area contributed by atoms with Gasteiger partial charge in [0.1, 0.15) is 13.1 Å². The third kappa shape index (κ3) is 4.80. The van der Waals surface area contributed by atoms with Crippen molar-refractivity contribution in [2.45, 2.75) is 31.0 Å². The summed E-state index contributed by atoms with van der Waals surface area (Å²) < 4.78 is 42.7. The Morgan fingerprint density at radius 3 is 2.48 bits per heavy atom. The van der Waals surface area contributed by atoms with Crippen LogP contribution in [0.3, 0.4) is 0 Å². The number of fused-ring (bicyclic) bond motifs is 2. The standard InChI is InChI=1S/C23H25F3N4O3/c1-33-19-8-7-17-20(28-19)22(21(32)30(17)14-18(31)27-15-23(24,25)26)9-11-29(12-10-22)13-16-5-3-2-4-6-16/h2-8H,9-15H2,1H3,(H,27,31). The first-order valence-electron chi connectivity index (χ1n) is 10.7. The molecule has 1 aromatic carbocycles. The van der Waals surface area contributed by atoms with Crippen molar-refractivity contribution < 1.29 is 27.5 Å². The number of carbonyl (C=O) groups excluding carboxylic acids is 2. The number of piperidine rings is 1. The zero-order valence-electron chi connectivity index (χ0n) is 18.2.